The summed E-state index contributed by atoms with van der Waals surface area (Å²) in [6.45, 7) is 9.74. The molecule has 0 spiro atoms. The highest BCUT2D eigenvalue weighted by Crippen LogP contribution is 2.16. The Kier molecular flexibility index (Phi) is 3.59. The van der Waals surface area contributed by atoms with Crippen LogP contribution in [0.15, 0.2) is 0 Å². The van der Waals surface area contributed by atoms with Gasteiger partial charge in [-0.25, -0.2) is 4.79 Å². The second-order valence-corrected chi connectivity index (χ2v) is 5.67. The highest BCUT2D eigenvalue weighted by Gasteiger charge is 2.43. The van der Waals surface area contributed by atoms with Crippen LogP contribution in [-0.4, -0.2) is 66.0 Å². The smallest absolute Gasteiger partial charge is 0.324 e. The minimum atomic E-state index is -0.756. The Labute approximate surface area is 108 Å². The molecular weight excluding hydrogens is 232 g/mol. The number of rotatable bonds is 3. The normalized spacial score (nSPS) is 28.6. The van der Waals surface area contributed by atoms with Gasteiger partial charge in [0.15, 0.2) is 0 Å². The third kappa shape index (κ3) is 2.64. The van der Waals surface area contributed by atoms with Gasteiger partial charge in [0.1, 0.15) is 5.54 Å². The second kappa shape index (κ2) is 4.85. The lowest BCUT2D eigenvalue weighted by atomic mass is 10.1. The number of nitrogens with zero attached hydrogens (tertiary/aromatic N) is 2. The van der Waals surface area contributed by atoms with E-state index in [1.807, 2.05) is 0 Å². The molecule has 2 saturated heterocycles. The van der Waals surface area contributed by atoms with E-state index >= 15 is 0 Å². The van der Waals surface area contributed by atoms with Crippen molar-refractivity contribution in [2.45, 2.75) is 32.4 Å². The van der Waals surface area contributed by atoms with Gasteiger partial charge < -0.3 is 10.6 Å². The molecule has 6 nitrogen and oxygen atoms in total. The minimum absolute atomic E-state index is 0.129. The number of imide groups is 1. The van der Waals surface area contributed by atoms with E-state index in [-0.39, 0.29) is 11.9 Å². The fraction of sp³-hybridized carbons (Fsp3) is 0.833. The molecule has 2 rings (SSSR count). The molecule has 1 unspecified atom stereocenters. The molecule has 102 valence electrons. The molecule has 0 aromatic carbocycles. The van der Waals surface area contributed by atoms with Gasteiger partial charge in [-0.3, -0.25) is 14.6 Å². The minimum Gasteiger partial charge on any atom is -0.324 e. The Bertz CT molecular complexity index is 356. The van der Waals surface area contributed by atoms with E-state index in [9.17, 15) is 9.59 Å². The van der Waals surface area contributed by atoms with Crippen molar-refractivity contribution in [3.8, 4) is 0 Å². The molecule has 0 radical (unpaired) electrons. The van der Waals surface area contributed by atoms with E-state index in [2.05, 4.69) is 22.5 Å². The van der Waals surface area contributed by atoms with Crippen LogP contribution in [0, 0.1) is 0 Å². The second-order valence-electron chi connectivity index (χ2n) is 5.67. The van der Waals surface area contributed by atoms with Gasteiger partial charge in [-0.05, 0) is 20.8 Å². The van der Waals surface area contributed by atoms with Crippen molar-refractivity contribution in [3.05, 3.63) is 0 Å². The first-order chi connectivity index (χ1) is 8.40. The number of piperazine rings is 1. The van der Waals surface area contributed by atoms with Crippen molar-refractivity contribution < 1.29 is 9.59 Å². The maximum absolute atomic E-state index is 12.0. The molecule has 18 heavy (non-hydrogen) atoms. The molecule has 2 heterocycles. The lowest BCUT2D eigenvalue weighted by molar-refractivity contribution is -0.130. The maximum Gasteiger partial charge on any atom is 0.325 e. The number of amides is 3. The van der Waals surface area contributed by atoms with Gasteiger partial charge in [0.05, 0.1) is 0 Å². The molecule has 3 amide bonds. The predicted octanol–water partition coefficient (Wildman–Crippen LogP) is -0.389. The largest absolute Gasteiger partial charge is 0.325 e. The van der Waals surface area contributed by atoms with E-state index in [0.717, 1.165) is 26.2 Å². The molecular formula is C12H22N4O2. The molecule has 1 atom stereocenters. The third-order valence-corrected chi connectivity index (χ3v) is 3.54. The Morgan fingerprint density at radius 1 is 1.33 bits per heavy atom. The lowest BCUT2D eigenvalue weighted by Crippen LogP contribution is -2.51. The molecule has 0 bridgehead atoms. The van der Waals surface area contributed by atoms with E-state index in [4.69, 9.17) is 0 Å². The number of urea groups is 1. The van der Waals surface area contributed by atoms with Crippen molar-refractivity contribution in [1.29, 1.82) is 0 Å². The summed E-state index contributed by atoms with van der Waals surface area (Å²) in [6, 6.07) is 0.200. The highest BCUT2D eigenvalue weighted by molar-refractivity contribution is 6.06. The summed E-state index contributed by atoms with van der Waals surface area (Å²) in [5.41, 5.74) is -0.756. The third-order valence-electron chi connectivity index (χ3n) is 3.54. The number of carbonyl (C=O) groups is 2. The van der Waals surface area contributed by atoms with Gasteiger partial charge in [0.2, 0.25) is 0 Å². The summed E-state index contributed by atoms with van der Waals surface area (Å²) in [6.07, 6.45) is 0. The van der Waals surface area contributed by atoms with Crippen LogP contribution in [0.3, 0.4) is 0 Å². The Balaban J connectivity index is 1.87. The van der Waals surface area contributed by atoms with Crippen molar-refractivity contribution in [2.75, 3.05) is 32.7 Å². The molecule has 0 aliphatic carbocycles. The molecule has 2 N–H and O–H groups in total. The standard InChI is InChI=1S/C12H22N4O2/c1-9-8-15(5-4-13-9)6-7-16-10(17)12(2,3)14-11(16)18/h9,13H,4-8H2,1-3H3,(H,14,18). The summed E-state index contributed by atoms with van der Waals surface area (Å²) in [5, 5.41) is 6.07. The number of carbonyl (C=O) groups excluding carboxylic acids is 2. The first-order valence-electron chi connectivity index (χ1n) is 6.50. The van der Waals surface area contributed by atoms with Crippen LogP contribution in [0.1, 0.15) is 20.8 Å². The van der Waals surface area contributed by atoms with Crippen molar-refractivity contribution in [1.82, 2.24) is 20.4 Å². The number of nitrogens with one attached hydrogen (secondary N) is 2. The fourth-order valence-corrected chi connectivity index (χ4v) is 2.48. The van der Waals surface area contributed by atoms with Crippen LogP contribution in [-0.2, 0) is 4.79 Å². The SMILES string of the molecule is CC1CN(CCN2C(=O)NC(C)(C)C2=O)CCN1. The van der Waals surface area contributed by atoms with Crippen LogP contribution in [0.25, 0.3) is 0 Å². The highest BCUT2D eigenvalue weighted by atomic mass is 16.2. The molecule has 6 heteroatoms. The number of hydrogen-bond acceptors (Lipinski definition) is 4. The topological polar surface area (TPSA) is 64.7 Å². The van der Waals surface area contributed by atoms with E-state index in [1.54, 1.807) is 13.8 Å². The van der Waals surface area contributed by atoms with Crippen LogP contribution >= 0.6 is 0 Å². The van der Waals surface area contributed by atoms with Crippen molar-refractivity contribution in [3.63, 3.8) is 0 Å². The predicted molar refractivity (Wildman–Crippen MR) is 68.2 cm³/mol. The van der Waals surface area contributed by atoms with Gasteiger partial charge in [-0.15, -0.1) is 0 Å². The number of hydrogen-bond donors (Lipinski definition) is 2. The zero-order chi connectivity index (χ0) is 13.3. The Hall–Kier alpha value is -1.14. The summed E-state index contributed by atoms with van der Waals surface area (Å²) in [5.74, 6) is -0.129. The van der Waals surface area contributed by atoms with Crippen LogP contribution in [0.2, 0.25) is 0 Å². The molecule has 2 aliphatic rings. The average Bonchev–Trinajstić information content (AvgIpc) is 2.46. The first kappa shape index (κ1) is 13.3. The van der Waals surface area contributed by atoms with E-state index < -0.39 is 5.54 Å². The van der Waals surface area contributed by atoms with Crippen LogP contribution < -0.4 is 10.6 Å². The molecule has 0 aromatic heterocycles. The Morgan fingerprint density at radius 3 is 2.61 bits per heavy atom. The van der Waals surface area contributed by atoms with E-state index in [0.29, 0.717) is 12.6 Å². The summed E-state index contributed by atoms with van der Waals surface area (Å²) >= 11 is 0. The average molecular weight is 254 g/mol. The van der Waals surface area contributed by atoms with Crippen molar-refractivity contribution >= 4 is 11.9 Å². The quantitative estimate of drug-likeness (QED) is 0.673. The van der Waals surface area contributed by atoms with Gasteiger partial charge in [-0.1, -0.05) is 0 Å². The lowest BCUT2D eigenvalue weighted by Gasteiger charge is -2.32. The summed E-state index contributed by atoms with van der Waals surface area (Å²) < 4.78 is 0. The first-order valence-corrected chi connectivity index (χ1v) is 6.50. The van der Waals surface area contributed by atoms with Gasteiger partial charge in [-0.2, -0.15) is 0 Å². The van der Waals surface area contributed by atoms with Gasteiger partial charge in [0.25, 0.3) is 5.91 Å². The zero-order valence-corrected chi connectivity index (χ0v) is 11.3. The summed E-state index contributed by atoms with van der Waals surface area (Å²) in [4.78, 5) is 27.3. The maximum atomic E-state index is 12.0. The fourth-order valence-electron chi connectivity index (χ4n) is 2.48. The molecule has 2 aliphatic heterocycles. The Morgan fingerprint density at radius 2 is 2.06 bits per heavy atom. The van der Waals surface area contributed by atoms with Crippen LogP contribution in [0.4, 0.5) is 4.79 Å². The van der Waals surface area contributed by atoms with Gasteiger partial charge >= 0.3 is 6.03 Å². The van der Waals surface area contributed by atoms with Crippen LogP contribution in [0.5, 0.6) is 0 Å². The van der Waals surface area contributed by atoms with Crippen molar-refractivity contribution in [2.24, 2.45) is 0 Å². The molecule has 0 saturated carbocycles. The molecule has 0 aromatic rings. The summed E-state index contributed by atoms with van der Waals surface area (Å²) in [7, 11) is 0. The molecule has 2 fully saturated rings. The van der Waals surface area contributed by atoms with E-state index in [1.165, 1.54) is 4.90 Å². The zero-order valence-electron chi connectivity index (χ0n) is 11.3. The monoisotopic (exact) mass is 254 g/mol. The van der Waals surface area contributed by atoms with Gasteiger partial charge in [0, 0.05) is 38.8 Å².